The van der Waals surface area contributed by atoms with Gasteiger partial charge in [0.25, 0.3) is 0 Å². The van der Waals surface area contributed by atoms with Crippen molar-refractivity contribution in [2.75, 3.05) is 5.32 Å². The fourth-order valence-electron chi connectivity index (χ4n) is 1.71. The second-order valence-electron chi connectivity index (χ2n) is 4.20. The van der Waals surface area contributed by atoms with Crippen molar-refractivity contribution < 1.29 is 9.32 Å². The molecule has 4 nitrogen and oxygen atoms in total. The normalized spacial score (nSPS) is 14.6. The first kappa shape index (κ1) is 10.1. The number of rotatable bonds is 3. The highest BCUT2D eigenvalue weighted by atomic mass is 16.5. The largest absolute Gasteiger partial charge is 0.338 e. The van der Waals surface area contributed by atoms with Gasteiger partial charge in [-0.25, -0.2) is 0 Å². The van der Waals surface area contributed by atoms with Crippen molar-refractivity contribution >= 4 is 11.8 Å². The Kier molecular flexibility index (Phi) is 2.40. The second kappa shape index (κ2) is 4.05. The lowest BCUT2D eigenvalue weighted by molar-refractivity contribution is -0.117. The molecule has 1 aliphatic rings. The molecule has 1 fully saturated rings. The molecular formula is C13H12N2O2. The van der Waals surface area contributed by atoms with Crippen molar-refractivity contribution in [2.24, 2.45) is 5.92 Å². The summed E-state index contributed by atoms with van der Waals surface area (Å²) in [5.74, 6) is 0.621. The quantitative estimate of drug-likeness (QED) is 0.878. The van der Waals surface area contributed by atoms with Crippen molar-refractivity contribution in [3.05, 3.63) is 36.5 Å². The van der Waals surface area contributed by atoms with Gasteiger partial charge in [-0.3, -0.25) is 10.1 Å². The number of nitrogens with one attached hydrogen (secondary N) is 1. The molecule has 0 saturated heterocycles. The summed E-state index contributed by atoms with van der Waals surface area (Å²) < 4.78 is 5.09. The van der Waals surface area contributed by atoms with Gasteiger partial charge in [-0.15, -0.1) is 0 Å². The van der Waals surface area contributed by atoms with E-state index < -0.39 is 0 Å². The maximum absolute atomic E-state index is 11.7. The monoisotopic (exact) mass is 228 g/mol. The molecule has 1 aliphatic carbocycles. The third-order valence-corrected chi connectivity index (χ3v) is 2.84. The van der Waals surface area contributed by atoms with Gasteiger partial charge in [-0.1, -0.05) is 35.5 Å². The van der Waals surface area contributed by atoms with Gasteiger partial charge in [0.2, 0.25) is 11.8 Å². The molecule has 0 atom stereocenters. The van der Waals surface area contributed by atoms with Crippen LogP contribution < -0.4 is 5.32 Å². The molecule has 1 aromatic heterocycles. The Bertz CT molecular complexity index is 529. The fourth-order valence-corrected chi connectivity index (χ4v) is 1.71. The first-order valence-corrected chi connectivity index (χ1v) is 5.65. The molecule has 1 N–H and O–H groups in total. The molecule has 0 bridgehead atoms. The second-order valence-corrected chi connectivity index (χ2v) is 4.20. The number of aromatic nitrogens is 1. The average molecular weight is 228 g/mol. The molecule has 1 amide bonds. The Balaban J connectivity index is 1.86. The molecular weight excluding hydrogens is 216 g/mol. The SMILES string of the molecule is O=C(Nc1oncc1-c1ccccc1)C1CC1. The Labute approximate surface area is 98.6 Å². The first-order valence-electron chi connectivity index (χ1n) is 5.65. The van der Waals surface area contributed by atoms with E-state index in [1.807, 2.05) is 30.3 Å². The van der Waals surface area contributed by atoms with E-state index in [-0.39, 0.29) is 11.8 Å². The van der Waals surface area contributed by atoms with Crippen LogP contribution in [0.1, 0.15) is 12.8 Å². The number of nitrogens with zero attached hydrogens (tertiary/aromatic N) is 1. The van der Waals surface area contributed by atoms with Gasteiger partial charge in [-0.05, 0) is 18.4 Å². The molecule has 86 valence electrons. The molecule has 1 heterocycles. The Morgan fingerprint density at radius 3 is 2.76 bits per heavy atom. The molecule has 0 spiro atoms. The van der Waals surface area contributed by atoms with E-state index in [4.69, 9.17) is 4.52 Å². The Morgan fingerprint density at radius 2 is 2.06 bits per heavy atom. The molecule has 4 heteroatoms. The third kappa shape index (κ3) is 2.06. The summed E-state index contributed by atoms with van der Waals surface area (Å²) in [6.07, 6.45) is 3.57. The van der Waals surface area contributed by atoms with Crippen LogP contribution in [0.25, 0.3) is 11.1 Å². The van der Waals surface area contributed by atoms with E-state index in [1.54, 1.807) is 6.20 Å². The average Bonchev–Trinajstić information content (AvgIpc) is 3.12. The smallest absolute Gasteiger partial charge is 0.239 e. The summed E-state index contributed by atoms with van der Waals surface area (Å²) in [7, 11) is 0. The van der Waals surface area contributed by atoms with Crippen LogP contribution in [0.4, 0.5) is 5.88 Å². The van der Waals surface area contributed by atoms with Crippen LogP contribution in [0, 0.1) is 5.92 Å². The lowest BCUT2D eigenvalue weighted by Gasteiger charge is -2.02. The minimum Gasteiger partial charge on any atom is -0.338 e. The minimum absolute atomic E-state index is 0.0268. The van der Waals surface area contributed by atoms with Crippen LogP contribution in [0.5, 0.6) is 0 Å². The lowest BCUT2D eigenvalue weighted by atomic mass is 10.1. The predicted molar refractivity (Wildman–Crippen MR) is 63.3 cm³/mol. The standard InChI is InChI=1S/C13H12N2O2/c16-12(10-6-7-10)15-13-11(8-14-17-13)9-4-2-1-3-5-9/h1-5,8,10H,6-7H2,(H,15,16). The lowest BCUT2D eigenvalue weighted by Crippen LogP contribution is -2.13. The van der Waals surface area contributed by atoms with Gasteiger partial charge < -0.3 is 4.52 Å². The van der Waals surface area contributed by atoms with Crippen molar-refractivity contribution in [1.82, 2.24) is 5.16 Å². The van der Waals surface area contributed by atoms with E-state index in [2.05, 4.69) is 10.5 Å². The maximum atomic E-state index is 11.7. The van der Waals surface area contributed by atoms with Crippen LogP contribution >= 0.6 is 0 Å². The molecule has 2 aromatic rings. The maximum Gasteiger partial charge on any atom is 0.239 e. The van der Waals surface area contributed by atoms with Crippen LogP contribution in [0.3, 0.4) is 0 Å². The highest BCUT2D eigenvalue weighted by molar-refractivity contribution is 5.95. The Hall–Kier alpha value is -2.10. The van der Waals surface area contributed by atoms with E-state index >= 15 is 0 Å². The van der Waals surface area contributed by atoms with Gasteiger partial charge >= 0.3 is 0 Å². The minimum atomic E-state index is 0.0268. The highest BCUT2D eigenvalue weighted by Crippen LogP contribution is 2.32. The van der Waals surface area contributed by atoms with Crippen molar-refractivity contribution in [3.8, 4) is 11.1 Å². The van der Waals surface area contributed by atoms with Gasteiger partial charge in [0.1, 0.15) is 0 Å². The number of benzene rings is 1. The van der Waals surface area contributed by atoms with Gasteiger partial charge in [0.05, 0.1) is 11.8 Å². The molecule has 0 unspecified atom stereocenters. The summed E-state index contributed by atoms with van der Waals surface area (Å²) in [6, 6.07) is 9.74. The predicted octanol–water partition coefficient (Wildman–Crippen LogP) is 2.69. The van der Waals surface area contributed by atoms with E-state index in [9.17, 15) is 4.79 Å². The summed E-state index contributed by atoms with van der Waals surface area (Å²) in [6.45, 7) is 0. The number of hydrogen-bond donors (Lipinski definition) is 1. The van der Waals surface area contributed by atoms with E-state index in [1.165, 1.54) is 0 Å². The van der Waals surface area contributed by atoms with Crippen LogP contribution in [-0.4, -0.2) is 11.1 Å². The number of hydrogen-bond acceptors (Lipinski definition) is 3. The summed E-state index contributed by atoms with van der Waals surface area (Å²) in [5, 5.41) is 6.52. The number of carbonyl (C=O) groups is 1. The topological polar surface area (TPSA) is 55.1 Å². The van der Waals surface area contributed by atoms with E-state index in [0.717, 1.165) is 24.0 Å². The first-order chi connectivity index (χ1) is 8.34. The van der Waals surface area contributed by atoms with Gasteiger partial charge in [-0.2, -0.15) is 0 Å². The molecule has 1 aromatic carbocycles. The Morgan fingerprint density at radius 1 is 1.29 bits per heavy atom. The molecule has 17 heavy (non-hydrogen) atoms. The van der Waals surface area contributed by atoms with Crippen molar-refractivity contribution in [1.29, 1.82) is 0 Å². The van der Waals surface area contributed by atoms with Crippen LogP contribution in [0.2, 0.25) is 0 Å². The number of anilines is 1. The zero-order chi connectivity index (χ0) is 11.7. The fraction of sp³-hybridized carbons (Fsp3) is 0.231. The summed E-state index contributed by atoms with van der Waals surface area (Å²) >= 11 is 0. The van der Waals surface area contributed by atoms with Crippen LogP contribution in [-0.2, 0) is 4.79 Å². The zero-order valence-electron chi connectivity index (χ0n) is 9.22. The molecule has 0 aliphatic heterocycles. The third-order valence-electron chi connectivity index (χ3n) is 2.84. The van der Waals surface area contributed by atoms with Gasteiger partial charge in [0.15, 0.2) is 0 Å². The summed E-state index contributed by atoms with van der Waals surface area (Å²) in [4.78, 5) is 11.7. The van der Waals surface area contributed by atoms with E-state index in [0.29, 0.717) is 5.88 Å². The number of amides is 1. The number of carbonyl (C=O) groups excluding carboxylic acids is 1. The highest BCUT2D eigenvalue weighted by Gasteiger charge is 2.30. The van der Waals surface area contributed by atoms with Crippen molar-refractivity contribution in [2.45, 2.75) is 12.8 Å². The zero-order valence-corrected chi connectivity index (χ0v) is 9.22. The molecule has 0 radical (unpaired) electrons. The summed E-state index contributed by atoms with van der Waals surface area (Å²) in [5.41, 5.74) is 1.81. The molecule has 1 saturated carbocycles. The van der Waals surface area contributed by atoms with Crippen LogP contribution in [0.15, 0.2) is 41.1 Å². The van der Waals surface area contributed by atoms with Crippen molar-refractivity contribution in [3.63, 3.8) is 0 Å². The van der Waals surface area contributed by atoms with Gasteiger partial charge in [0, 0.05) is 5.92 Å². The molecule has 3 rings (SSSR count).